The molecule has 0 aliphatic rings. The number of fused-ring (bicyclic) bond motifs is 3. The number of nitrogens with one attached hydrogen (secondary N) is 1. The van der Waals surface area contributed by atoms with Gasteiger partial charge in [-0.1, -0.05) is 6.07 Å². The minimum absolute atomic E-state index is 0.159. The average molecular weight is 504 g/mol. The summed E-state index contributed by atoms with van der Waals surface area (Å²) < 4.78 is 17.9. The number of anilines is 2. The molecular formula is C25H35N4O7+. The van der Waals surface area contributed by atoms with Gasteiger partial charge in [0, 0.05) is 29.4 Å². The summed E-state index contributed by atoms with van der Waals surface area (Å²) in [7, 11) is 1.80. The molecule has 0 spiro atoms. The molecule has 2 aromatic carbocycles. The van der Waals surface area contributed by atoms with Gasteiger partial charge < -0.3 is 35.9 Å². The number of rotatable bonds is 15. The fourth-order valence-electron chi connectivity index (χ4n) is 3.74. The topological polar surface area (TPSA) is 162 Å². The lowest BCUT2D eigenvalue weighted by molar-refractivity contribution is -0.645. The quantitative estimate of drug-likeness (QED) is 0.0651. The van der Waals surface area contributed by atoms with Gasteiger partial charge in [-0.05, 0) is 30.7 Å². The number of nitrogens with two attached hydrogens (primary N) is 2. The zero-order valence-electron chi connectivity index (χ0n) is 20.4. The standard InChI is InChI=1S/C25H34N4O7/c1-29-23-15-18(27)3-5-21(23)20-4-2-17(26)14-22(20)24(29)25(32)28-36-13-12-35-11-10-34-9-8-33-7-6-19(31)16-30/h2-5,14-15,19,27,30-31H,6-13,16H2,1H3,(H3,26,28,32)/p+1. The molecule has 1 heterocycles. The van der Waals surface area contributed by atoms with Crippen molar-refractivity contribution in [3.63, 3.8) is 0 Å². The van der Waals surface area contributed by atoms with Crippen LogP contribution in [0.3, 0.4) is 0 Å². The SMILES string of the molecule is C[n+]1c(C(=O)NOCCOCCOCCOCCC(O)CO)c2cc(N)ccc2c2ccc(N)cc21. The molecule has 0 aliphatic carbocycles. The third-order valence-corrected chi connectivity index (χ3v) is 5.57. The van der Waals surface area contributed by atoms with E-state index in [-0.39, 0.29) is 19.8 Å². The molecule has 1 unspecified atom stereocenters. The van der Waals surface area contributed by atoms with Gasteiger partial charge in [0.25, 0.3) is 5.69 Å². The van der Waals surface area contributed by atoms with Gasteiger partial charge in [-0.25, -0.2) is 5.48 Å². The minimum Gasteiger partial charge on any atom is -0.399 e. The molecule has 0 radical (unpaired) electrons. The first-order valence-corrected chi connectivity index (χ1v) is 11.8. The molecular weight excluding hydrogens is 468 g/mol. The number of hydroxylamine groups is 1. The number of aliphatic hydroxyl groups excluding tert-OH is 2. The van der Waals surface area contributed by atoms with E-state index in [4.69, 9.17) is 35.6 Å². The third kappa shape index (κ3) is 7.47. The van der Waals surface area contributed by atoms with Gasteiger partial charge in [0.15, 0.2) is 0 Å². The van der Waals surface area contributed by atoms with Gasteiger partial charge >= 0.3 is 5.91 Å². The van der Waals surface area contributed by atoms with Gasteiger partial charge in [-0.2, -0.15) is 4.57 Å². The predicted octanol–water partition coefficient (Wildman–Crippen LogP) is 0.436. The minimum atomic E-state index is -0.751. The molecule has 11 nitrogen and oxygen atoms in total. The Morgan fingerprint density at radius 3 is 2.14 bits per heavy atom. The first-order valence-electron chi connectivity index (χ1n) is 11.8. The zero-order chi connectivity index (χ0) is 25.9. The van der Waals surface area contributed by atoms with Crippen molar-refractivity contribution in [2.45, 2.75) is 12.5 Å². The highest BCUT2D eigenvalue weighted by Gasteiger charge is 2.25. The highest BCUT2D eigenvalue weighted by Crippen LogP contribution is 2.28. The normalized spacial score (nSPS) is 12.3. The molecule has 0 aliphatic heterocycles. The Morgan fingerprint density at radius 2 is 1.47 bits per heavy atom. The highest BCUT2D eigenvalue weighted by atomic mass is 16.7. The summed E-state index contributed by atoms with van der Waals surface area (Å²) in [5.41, 5.74) is 16.8. The molecule has 7 N–H and O–H groups in total. The number of ether oxygens (including phenoxy) is 3. The third-order valence-electron chi connectivity index (χ3n) is 5.57. The van der Waals surface area contributed by atoms with Gasteiger partial charge in [0.05, 0.1) is 63.1 Å². The van der Waals surface area contributed by atoms with Crippen molar-refractivity contribution in [1.29, 1.82) is 0 Å². The van der Waals surface area contributed by atoms with Crippen molar-refractivity contribution in [3.8, 4) is 0 Å². The summed E-state index contributed by atoms with van der Waals surface area (Å²) >= 11 is 0. The van der Waals surface area contributed by atoms with Crippen molar-refractivity contribution < 1.29 is 38.6 Å². The predicted molar refractivity (Wildman–Crippen MR) is 135 cm³/mol. The molecule has 0 saturated carbocycles. The Kier molecular flexibility index (Phi) is 10.6. The lowest BCUT2D eigenvalue weighted by Gasteiger charge is -2.11. The van der Waals surface area contributed by atoms with E-state index in [0.717, 1.165) is 16.3 Å². The summed E-state index contributed by atoms with van der Waals surface area (Å²) in [6.45, 7) is 2.07. The van der Waals surface area contributed by atoms with Crippen molar-refractivity contribution in [2.75, 3.05) is 64.3 Å². The molecule has 1 amide bonds. The van der Waals surface area contributed by atoms with Crippen molar-refractivity contribution in [2.24, 2.45) is 7.05 Å². The van der Waals surface area contributed by atoms with Crippen LogP contribution in [0.15, 0.2) is 36.4 Å². The number of carbonyl (C=O) groups is 1. The van der Waals surface area contributed by atoms with E-state index in [1.807, 2.05) is 24.3 Å². The summed E-state index contributed by atoms with van der Waals surface area (Å²) in [4.78, 5) is 18.4. The van der Waals surface area contributed by atoms with Crippen LogP contribution < -0.4 is 21.5 Å². The van der Waals surface area contributed by atoms with Gasteiger partial charge in [-0.3, -0.25) is 9.63 Å². The lowest BCUT2D eigenvalue weighted by Crippen LogP contribution is -2.42. The largest absolute Gasteiger partial charge is 0.399 e. The Bertz CT molecular complexity index is 1160. The van der Waals surface area contributed by atoms with Crippen LogP contribution in [0.4, 0.5) is 11.4 Å². The summed E-state index contributed by atoms with van der Waals surface area (Å²) in [6, 6.07) is 11.0. The second kappa shape index (κ2) is 13.9. The van der Waals surface area contributed by atoms with Crippen LogP contribution in [0.5, 0.6) is 0 Å². The summed E-state index contributed by atoms with van der Waals surface area (Å²) in [5.74, 6) is -0.410. The summed E-state index contributed by atoms with van der Waals surface area (Å²) in [6.07, 6.45) is -0.368. The number of hydrogen-bond acceptors (Lipinski definition) is 9. The molecule has 11 heteroatoms. The van der Waals surface area contributed by atoms with Crippen LogP contribution in [-0.2, 0) is 26.1 Å². The molecule has 0 saturated heterocycles. The average Bonchev–Trinajstić information content (AvgIpc) is 2.86. The van der Waals surface area contributed by atoms with Crippen LogP contribution in [0.25, 0.3) is 21.7 Å². The molecule has 0 fully saturated rings. The fraction of sp³-hybridized carbons (Fsp3) is 0.440. The molecule has 1 atom stereocenters. The van der Waals surface area contributed by atoms with Crippen molar-refractivity contribution >= 4 is 39.0 Å². The van der Waals surface area contributed by atoms with E-state index in [1.165, 1.54) is 0 Å². The zero-order valence-corrected chi connectivity index (χ0v) is 20.4. The number of pyridine rings is 1. The number of nitrogen functional groups attached to an aromatic ring is 2. The second-order valence-electron chi connectivity index (χ2n) is 8.23. The molecule has 3 aromatic rings. The van der Waals surface area contributed by atoms with Gasteiger partial charge in [0.1, 0.15) is 7.05 Å². The highest BCUT2D eigenvalue weighted by molar-refractivity contribution is 6.13. The van der Waals surface area contributed by atoms with Crippen molar-refractivity contribution in [1.82, 2.24) is 5.48 Å². The number of aromatic nitrogens is 1. The monoisotopic (exact) mass is 503 g/mol. The molecule has 0 bridgehead atoms. The van der Waals surface area contributed by atoms with E-state index in [0.29, 0.717) is 61.9 Å². The van der Waals surface area contributed by atoms with E-state index >= 15 is 0 Å². The van der Waals surface area contributed by atoms with Crippen molar-refractivity contribution in [3.05, 3.63) is 42.1 Å². The number of aliphatic hydroxyl groups is 2. The Labute approximate surface area is 209 Å². The van der Waals surface area contributed by atoms with Crippen LogP contribution in [0, 0.1) is 0 Å². The van der Waals surface area contributed by atoms with E-state index in [9.17, 15) is 9.90 Å². The Morgan fingerprint density at radius 1 is 0.889 bits per heavy atom. The maximum absolute atomic E-state index is 13.0. The number of amides is 1. The van der Waals surface area contributed by atoms with Crippen LogP contribution in [-0.4, -0.2) is 75.1 Å². The molecule has 1 aromatic heterocycles. The number of carbonyl (C=O) groups excluding carboxylic acids is 1. The van der Waals surface area contributed by atoms with Crippen LogP contribution in [0.1, 0.15) is 16.9 Å². The molecule has 3 rings (SSSR count). The summed E-state index contributed by atoms with van der Waals surface area (Å²) in [5, 5.41) is 20.5. The number of nitrogens with zero attached hydrogens (tertiary/aromatic N) is 1. The van der Waals surface area contributed by atoms with E-state index in [2.05, 4.69) is 5.48 Å². The Balaban J connectivity index is 1.42. The number of hydrogen-bond donors (Lipinski definition) is 5. The molecule has 196 valence electrons. The lowest BCUT2D eigenvalue weighted by atomic mass is 10.0. The van der Waals surface area contributed by atoms with Crippen LogP contribution >= 0.6 is 0 Å². The fourth-order valence-corrected chi connectivity index (χ4v) is 3.74. The van der Waals surface area contributed by atoms with Gasteiger partial charge in [0.2, 0.25) is 5.52 Å². The van der Waals surface area contributed by atoms with Crippen LogP contribution in [0.2, 0.25) is 0 Å². The first kappa shape index (κ1) is 27.5. The van der Waals surface area contributed by atoms with E-state index < -0.39 is 12.0 Å². The Hall–Kier alpha value is -3.06. The number of aryl methyl sites for hydroxylation is 1. The first-order chi connectivity index (χ1) is 17.4. The molecule has 36 heavy (non-hydrogen) atoms. The van der Waals surface area contributed by atoms with Gasteiger partial charge in [-0.15, -0.1) is 0 Å². The number of benzene rings is 2. The second-order valence-corrected chi connectivity index (χ2v) is 8.23. The van der Waals surface area contributed by atoms with E-state index in [1.54, 1.807) is 23.7 Å². The maximum atomic E-state index is 13.0. The smallest absolute Gasteiger partial charge is 0.340 e. The maximum Gasteiger partial charge on any atom is 0.340 e.